The highest BCUT2D eigenvalue weighted by Gasteiger charge is 2.15. The second kappa shape index (κ2) is 6.99. The first kappa shape index (κ1) is 18.4. The predicted octanol–water partition coefficient (Wildman–Crippen LogP) is 3.13. The Morgan fingerprint density at radius 3 is 2.67 bits per heavy atom. The molecular weight excluding hydrogens is 402 g/mol. The summed E-state index contributed by atoms with van der Waals surface area (Å²) in [5.74, 6) is 2.08. The first-order valence-corrected chi connectivity index (χ1v) is 9.98. The molecular formula is C20H17N7O2S. The topological polar surface area (TPSA) is 114 Å². The number of methoxy groups -OCH3 is 1. The third-order valence-corrected chi connectivity index (χ3v) is 5.92. The summed E-state index contributed by atoms with van der Waals surface area (Å²) in [7, 11) is 1.59. The van der Waals surface area contributed by atoms with E-state index in [1.165, 1.54) is 11.8 Å². The van der Waals surface area contributed by atoms with Gasteiger partial charge in [0.05, 0.1) is 18.0 Å². The highest BCUT2D eigenvalue weighted by Crippen LogP contribution is 2.33. The van der Waals surface area contributed by atoms with Crippen LogP contribution in [0, 0.1) is 13.8 Å². The molecule has 0 unspecified atom stereocenters. The van der Waals surface area contributed by atoms with Gasteiger partial charge < -0.3 is 4.74 Å². The van der Waals surface area contributed by atoms with E-state index < -0.39 is 0 Å². The summed E-state index contributed by atoms with van der Waals surface area (Å²) in [6.07, 6.45) is 0. The van der Waals surface area contributed by atoms with Gasteiger partial charge in [-0.1, -0.05) is 11.8 Å². The van der Waals surface area contributed by atoms with E-state index in [1.807, 2.05) is 32.0 Å². The minimum atomic E-state index is -0.303. The first-order valence-electron chi connectivity index (χ1n) is 9.16. The van der Waals surface area contributed by atoms with Crippen molar-refractivity contribution in [2.24, 2.45) is 0 Å². The van der Waals surface area contributed by atoms with Crippen LogP contribution >= 0.6 is 11.8 Å². The van der Waals surface area contributed by atoms with Gasteiger partial charge in [0, 0.05) is 16.5 Å². The molecule has 0 saturated heterocycles. The lowest BCUT2D eigenvalue weighted by Crippen LogP contribution is -2.10. The van der Waals surface area contributed by atoms with Crippen molar-refractivity contribution in [3.63, 3.8) is 0 Å². The van der Waals surface area contributed by atoms with E-state index in [0.29, 0.717) is 33.1 Å². The van der Waals surface area contributed by atoms with Crippen LogP contribution in [0.15, 0.2) is 51.1 Å². The standard InChI is InChI=1S/C20H17N7O2S/c1-10-8-12(17-21-11(2)23-24-17)4-7-16(10)30-20-18-22-19(28)14-6-5-13(29-3)9-15(14)27(18)26-25-20/h4-9,26H,1-3H3,(H,21,23,24). The predicted molar refractivity (Wildman–Crippen MR) is 113 cm³/mol. The fourth-order valence-electron chi connectivity index (χ4n) is 3.26. The minimum absolute atomic E-state index is 0.303. The molecule has 5 rings (SSSR count). The Morgan fingerprint density at radius 2 is 1.93 bits per heavy atom. The van der Waals surface area contributed by atoms with Crippen LogP contribution in [0.2, 0.25) is 0 Å². The molecule has 2 aromatic carbocycles. The summed E-state index contributed by atoms with van der Waals surface area (Å²) in [5, 5.41) is 15.5. The maximum absolute atomic E-state index is 12.5. The number of nitrogens with one attached hydrogen (secondary N) is 2. The van der Waals surface area contributed by atoms with Crippen molar-refractivity contribution < 1.29 is 4.74 Å². The molecule has 5 aromatic rings. The van der Waals surface area contributed by atoms with Gasteiger partial charge in [-0.15, -0.1) is 5.10 Å². The van der Waals surface area contributed by atoms with Gasteiger partial charge in [0.2, 0.25) is 0 Å². The quantitative estimate of drug-likeness (QED) is 0.460. The van der Waals surface area contributed by atoms with E-state index in [9.17, 15) is 4.79 Å². The van der Waals surface area contributed by atoms with Gasteiger partial charge in [0.25, 0.3) is 5.56 Å². The van der Waals surface area contributed by atoms with E-state index in [-0.39, 0.29) is 5.56 Å². The Morgan fingerprint density at radius 1 is 1.07 bits per heavy atom. The van der Waals surface area contributed by atoms with Crippen molar-refractivity contribution in [3.05, 3.63) is 58.1 Å². The van der Waals surface area contributed by atoms with Crippen molar-refractivity contribution >= 4 is 28.3 Å². The first-order chi connectivity index (χ1) is 14.5. The molecule has 0 aliphatic rings. The number of rotatable bonds is 4. The van der Waals surface area contributed by atoms with Gasteiger partial charge in [0.1, 0.15) is 11.6 Å². The second-order valence-corrected chi connectivity index (χ2v) is 7.83. The molecule has 0 bridgehead atoms. The van der Waals surface area contributed by atoms with Crippen molar-refractivity contribution in [2.45, 2.75) is 23.8 Å². The Labute approximate surface area is 174 Å². The molecule has 9 nitrogen and oxygen atoms in total. The van der Waals surface area contributed by atoms with Crippen molar-refractivity contribution in [1.29, 1.82) is 0 Å². The average Bonchev–Trinajstić information content (AvgIpc) is 3.36. The maximum atomic E-state index is 12.5. The highest BCUT2D eigenvalue weighted by molar-refractivity contribution is 7.99. The van der Waals surface area contributed by atoms with Gasteiger partial charge in [-0.2, -0.15) is 10.1 Å². The SMILES string of the molecule is COc1ccc2c(=O)nc3c(Sc4ccc(-c5n[nH]c(C)n5)cc4C)n[nH]n3c2c1. The van der Waals surface area contributed by atoms with Crippen molar-refractivity contribution in [3.8, 4) is 17.1 Å². The lowest BCUT2D eigenvalue weighted by Gasteiger charge is -2.06. The highest BCUT2D eigenvalue weighted by atomic mass is 32.2. The number of ether oxygens (including phenoxy) is 1. The molecule has 3 aromatic heterocycles. The molecule has 0 saturated carbocycles. The summed E-state index contributed by atoms with van der Waals surface area (Å²) in [5.41, 5.74) is 2.81. The van der Waals surface area contributed by atoms with Crippen LogP contribution < -0.4 is 10.3 Å². The van der Waals surface area contributed by atoms with Gasteiger partial charge in [0.15, 0.2) is 16.5 Å². The number of aromatic nitrogens is 7. The molecule has 150 valence electrons. The average molecular weight is 419 g/mol. The number of fused-ring (bicyclic) bond motifs is 3. The zero-order valence-electron chi connectivity index (χ0n) is 16.4. The number of aryl methyl sites for hydroxylation is 2. The molecule has 3 heterocycles. The van der Waals surface area contributed by atoms with Crippen molar-refractivity contribution in [1.82, 2.24) is 35.0 Å². The molecule has 2 N–H and O–H groups in total. The fourth-order valence-corrected chi connectivity index (χ4v) is 4.14. The number of H-pyrrole nitrogens is 2. The maximum Gasteiger partial charge on any atom is 0.281 e. The number of hydrogen-bond acceptors (Lipinski definition) is 7. The minimum Gasteiger partial charge on any atom is -0.497 e. The van der Waals surface area contributed by atoms with Gasteiger partial charge in [-0.3, -0.25) is 9.89 Å². The third-order valence-electron chi connectivity index (χ3n) is 4.78. The lowest BCUT2D eigenvalue weighted by molar-refractivity contribution is 0.415. The molecule has 0 fully saturated rings. The zero-order valence-corrected chi connectivity index (χ0v) is 17.2. The summed E-state index contributed by atoms with van der Waals surface area (Å²) in [6.45, 7) is 3.88. The molecule has 0 aliphatic carbocycles. The molecule has 0 spiro atoms. The molecule has 0 radical (unpaired) electrons. The van der Waals surface area contributed by atoms with Crippen LogP contribution in [0.25, 0.3) is 27.9 Å². The number of hydrogen-bond donors (Lipinski definition) is 2. The second-order valence-electron chi connectivity index (χ2n) is 6.80. The summed E-state index contributed by atoms with van der Waals surface area (Å²) in [4.78, 5) is 22.1. The third kappa shape index (κ3) is 3.01. The summed E-state index contributed by atoms with van der Waals surface area (Å²) in [6, 6.07) is 11.2. The van der Waals surface area contributed by atoms with Gasteiger partial charge >= 0.3 is 0 Å². The molecule has 30 heavy (non-hydrogen) atoms. The largest absolute Gasteiger partial charge is 0.497 e. The van der Waals surface area contributed by atoms with Crippen LogP contribution in [0.1, 0.15) is 11.4 Å². The normalized spacial score (nSPS) is 11.4. The molecule has 0 aliphatic heterocycles. The fraction of sp³-hybridized carbons (Fsp3) is 0.150. The monoisotopic (exact) mass is 419 g/mol. The van der Waals surface area contributed by atoms with Crippen LogP contribution in [-0.2, 0) is 0 Å². The number of nitrogens with zero attached hydrogens (tertiary/aromatic N) is 5. The summed E-state index contributed by atoms with van der Waals surface area (Å²) >= 11 is 1.44. The smallest absolute Gasteiger partial charge is 0.281 e. The van der Waals surface area contributed by atoms with Crippen LogP contribution in [0.5, 0.6) is 5.75 Å². The van der Waals surface area contributed by atoms with E-state index >= 15 is 0 Å². The van der Waals surface area contributed by atoms with E-state index in [0.717, 1.165) is 21.8 Å². The van der Waals surface area contributed by atoms with Crippen LogP contribution in [0.4, 0.5) is 0 Å². The lowest BCUT2D eigenvalue weighted by atomic mass is 10.1. The molecule has 0 amide bonds. The Hall–Kier alpha value is -3.66. The Bertz CT molecular complexity index is 1470. The van der Waals surface area contributed by atoms with Crippen LogP contribution in [0.3, 0.4) is 0 Å². The van der Waals surface area contributed by atoms with E-state index in [1.54, 1.807) is 29.8 Å². The molecule has 10 heteroatoms. The number of aromatic amines is 2. The zero-order chi connectivity index (χ0) is 20.8. The van der Waals surface area contributed by atoms with E-state index in [2.05, 4.69) is 30.5 Å². The van der Waals surface area contributed by atoms with Crippen molar-refractivity contribution in [2.75, 3.05) is 7.11 Å². The summed E-state index contributed by atoms with van der Waals surface area (Å²) < 4.78 is 6.99. The number of benzene rings is 2. The van der Waals surface area contributed by atoms with Crippen LogP contribution in [-0.4, -0.2) is 42.1 Å². The van der Waals surface area contributed by atoms with E-state index in [4.69, 9.17) is 4.74 Å². The molecule has 0 atom stereocenters. The Kier molecular flexibility index (Phi) is 4.28. The Balaban J connectivity index is 1.56. The van der Waals surface area contributed by atoms with Gasteiger partial charge in [-0.05, 0) is 49.7 Å². The van der Waals surface area contributed by atoms with Gasteiger partial charge in [-0.25, -0.2) is 14.7 Å².